The van der Waals surface area contributed by atoms with Gasteiger partial charge in [-0.2, -0.15) is 0 Å². The van der Waals surface area contributed by atoms with Crippen LogP contribution < -0.4 is 27.1 Å². The van der Waals surface area contributed by atoms with Gasteiger partial charge in [0.15, 0.2) is 0 Å². The summed E-state index contributed by atoms with van der Waals surface area (Å²) in [5, 5.41) is 0. The fourth-order valence-electron chi connectivity index (χ4n) is 0.0929. The number of alkyl halides is 1. The van der Waals surface area contributed by atoms with Crippen molar-refractivity contribution in [3.63, 3.8) is 0 Å². The Labute approximate surface area is 53.2 Å². The number of hydroxylamine groups is 1. The number of carbonyl (C=O) groups excluding carboxylic acids is 1. The topological polar surface area (TPSA) is 38.3 Å². The van der Waals surface area contributed by atoms with Crippen molar-refractivity contribution in [1.29, 1.82) is 0 Å². The molecule has 7 heavy (non-hydrogen) atoms. The van der Waals surface area contributed by atoms with Gasteiger partial charge < -0.3 is 0 Å². The zero-order valence-electron chi connectivity index (χ0n) is 4.19. The Balaban J connectivity index is 2.82. The second kappa shape index (κ2) is 4.32. The molecule has 0 heterocycles. The number of amides is 1. The van der Waals surface area contributed by atoms with Gasteiger partial charge in [-0.25, -0.2) is 0 Å². The van der Waals surface area contributed by atoms with E-state index in [4.69, 9.17) is 0 Å². The molecule has 0 aromatic rings. The Hall–Kier alpha value is 0.160. The average molecular weight is 216 g/mol. The molecule has 0 saturated carbocycles. The molecule has 1 N–H and O–H groups in total. The van der Waals surface area contributed by atoms with Crippen molar-refractivity contribution in [2.75, 3.05) is 4.93 Å². The summed E-state index contributed by atoms with van der Waals surface area (Å²) in [7, 11) is 0. The molecule has 0 aromatic heterocycles. The second-order valence-corrected chi connectivity index (χ2v) is 2.21. The Morgan fingerprint density at radius 3 is 2.57 bits per heavy atom. The maximum atomic E-state index is 9.98. The molecule has 1 amide bonds. The molecule has 0 aliphatic carbocycles. The molecule has 0 fully saturated rings. The molecule has 0 unspecified atom stereocenters. The van der Waals surface area contributed by atoms with Gasteiger partial charge in [0.05, 0.1) is 0 Å². The van der Waals surface area contributed by atoms with Crippen LogP contribution in [0.15, 0.2) is 0 Å². The quantitative estimate of drug-likeness (QED) is 0.298. The van der Waals surface area contributed by atoms with E-state index in [9.17, 15) is 4.79 Å². The van der Waals surface area contributed by atoms with Crippen LogP contribution in [-0.4, -0.2) is 10.8 Å². The number of nitrogens with one attached hydrogen (secondary N) is 1. The van der Waals surface area contributed by atoms with Crippen LogP contribution in [0.2, 0.25) is 0 Å². The molecule has 0 radical (unpaired) electrons. The summed E-state index contributed by atoms with van der Waals surface area (Å²) in [6, 6.07) is 0. The van der Waals surface area contributed by atoms with Crippen molar-refractivity contribution in [1.82, 2.24) is 5.48 Å². The van der Waals surface area contributed by atoms with Gasteiger partial charge in [-0.15, -0.1) is 0 Å². The summed E-state index contributed by atoms with van der Waals surface area (Å²) in [4.78, 5) is 11.9. The van der Waals surface area contributed by atoms with E-state index < -0.39 is 0 Å². The van der Waals surface area contributed by atoms with Crippen molar-refractivity contribution in [3.8, 4) is 0 Å². The first kappa shape index (κ1) is 7.16. The molecule has 3 nitrogen and oxygen atoms in total. The Kier molecular flexibility index (Phi) is 4.42. The zero-order chi connectivity index (χ0) is 5.70. The van der Waals surface area contributed by atoms with Crippen LogP contribution in [0.3, 0.4) is 0 Å². The van der Waals surface area contributed by atoms with Gasteiger partial charge in [0.2, 0.25) is 0 Å². The minimum absolute atomic E-state index is 0.137. The van der Waals surface area contributed by atoms with E-state index in [0.29, 0.717) is 0 Å². The Morgan fingerprint density at radius 1 is 1.86 bits per heavy atom. The zero-order valence-corrected chi connectivity index (χ0v) is 6.35. The van der Waals surface area contributed by atoms with Crippen LogP contribution in [-0.2, 0) is 7.96 Å². The molecule has 44 valence electrons. The maximum absolute atomic E-state index is 9.98. The summed E-state index contributed by atoms with van der Waals surface area (Å²) >= 11 is -0.258. The van der Waals surface area contributed by atoms with Crippen LogP contribution in [0.25, 0.3) is 0 Å². The number of rotatable bonds is 2. The van der Waals surface area contributed by atoms with Crippen LogP contribution >= 0.6 is 0 Å². The van der Waals surface area contributed by atoms with E-state index in [0.717, 1.165) is 0 Å². The first-order chi connectivity index (χ1) is 3.27. The molecule has 0 saturated heterocycles. The van der Waals surface area contributed by atoms with Crippen molar-refractivity contribution in [3.05, 3.63) is 0 Å². The van der Waals surface area contributed by atoms with Gasteiger partial charge in [-0.05, 0) is 0 Å². The summed E-state index contributed by atoms with van der Waals surface area (Å²) in [5.41, 5.74) is 2.21. The minimum atomic E-state index is -0.258. The van der Waals surface area contributed by atoms with Crippen LogP contribution in [0, 0.1) is 0 Å². The van der Waals surface area contributed by atoms with E-state index >= 15 is 0 Å². The summed E-state index contributed by atoms with van der Waals surface area (Å²) in [6.07, 6.45) is 0. The SMILES string of the molecule is C[I-]ONC(C)=O. The van der Waals surface area contributed by atoms with Gasteiger partial charge in [-0.3, -0.25) is 0 Å². The second-order valence-electron chi connectivity index (χ2n) is 0.890. The molecule has 4 heteroatoms. The Bertz CT molecular complexity index is 66.0. The molecule has 0 bridgehead atoms. The molecule has 0 atom stereocenters. The van der Waals surface area contributed by atoms with E-state index in [-0.39, 0.29) is 27.5 Å². The van der Waals surface area contributed by atoms with Crippen molar-refractivity contribution < 1.29 is 29.6 Å². The van der Waals surface area contributed by atoms with Gasteiger partial charge in [0.25, 0.3) is 0 Å². The van der Waals surface area contributed by atoms with Gasteiger partial charge in [-0.1, -0.05) is 0 Å². The number of carbonyl (C=O) groups is 1. The third-order valence-corrected chi connectivity index (χ3v) is 0.920. The molecule has 0 rings (SSSR count). The van der Waals surface area contributed by atoms with Crippen LogP contribution in [0.4, 0.5) is 0 Å². The predicted molar refractivity (Wildman–Crippen MR) is 20.8 cm³/mol. The monoisotopic (exact) mass is 216 g/mol. The Morgan fingerprint density at radius 2 is 2.43 bits per heavy atom. The molecule has 0 aliphatic rings. The van der Waals surface area contributed by atoms with E-state index in [1.165, 1.54) is 6.92 Å². The standard InChI is InChI=1S/C3H7INO2/c1-3(6)5-7-4-2/h1-2H3,(H,5,6)/q-1. The van der Waals surface area contributed by atoms with Crippen LogP contribution in [0.1, 0.15) is 6.92 Å². The van der Waals surface area contributed by atoms with Crippen molar-refractivity contribution >= 4 is 5.91 Å². The number of halogens is 1. The fraction of sp³-hybridized carbons (Fsp3) is 0.667. The predicted octanol–water partition coefficient (Wildman–Crippen LogP) is -3.31. The summed E-state index contributed by atoms with van der Waals surface area (Å²) in [5.74, 6) is -0.137. The molecule has 0 aliphatic heterocycles. The van der Waals surface area contributed by atoms with Crippen LogP contribution in [0.5, 0.6) is 0 Å². The molecule has 0 spiro atoms. The van der Waals surface area contributed by atoms with E-state index in [1.807, 2.05) is 4.93 Å². The van der Waals surface area contributed by atoms with Crippen molar-refractivity contribution in [2.24, 2.45) is 0 Å². The van der Waals surface area contributed by atoms with Gasteiger partial charge in [0.1, 0.15) is 0 Å². The fourth-order valence-corrected chi connectivity index (χ4v) is 0.623. The van der Waals surface area contributed by atoms with Gasteiger partial charge in [0, 0.05) is 0 Å². The first-order valence-corrected chi connectivity index (χ1v) is 4.73. The number of hydrogen-bond acceptors (Lipinski definition) is 2. The normalized spacial score (nSPS) is 8.86. The third kappa shape index (κ3) is 6.16. The summed E-state index contributed by atoms with van der Waals surface area (Å²) in [6.45, 7) is 1.42. The average Bonchev–Trinajstić information content (AvgIpc) is 1.61. The molecule has 0 aromatic carbocycles. The van der Waals surface area contributed by atoms with Crippen molar-refractivity contribution in [2.45, 2.75) is 6.92 Å². The molecular formula is C3H7INO2-. The van der Waals surface area contributed by atoms with E-state index in [2.05, 4.69) is 8.65 Å². The first-order valence-electron chi connectivity index (χ1n) is 1.69. The van der Waals surface area contributed by atoms with E-state index in [1.54, 1.807) is 0 Å². The van der Waals surface area contributed by atoms with Gasteiger partial charge >= 0.3 is 52.8 Å². The number of hydrogen-bond donors (Lipinski definition) is 1. The summed E-state index contributed by atoms with van der Waals surface area (Å²) < 4.78 is 4.61. The molecular weight excluding hydrogens is 209 g/mol. The third-order valence-electron chi connectivity index (χ3n) is 0.259.